The summed E-state index contributed by atoms with van der Waals surface area (Å²) in [7, 11) is -1.41. The molecule has 35 heavy (non-hydrogen) atoms. The predicted octanol–water partition coefficient (Wildman–Crippen LogP) is 6.62. The number of pyridine rings is 1. The van der Waals surface area contributed by atoms with Gasteiger partial charge in [0, 0.05) is 38.1 Å². The summed E-state index contributed by atoms with van der Waals surface area (Å²) < 4.78 is 0. The largest absolute Gasteiger partial charge is 0.512 e. The Morgan fingerprint density at radius 2 is 1.77 bits per heavy atom. The summed E-state index contributed by atoms with van der Waals surface area (Å²) in [4.78, 5) is 14.7. The summed E-state index contributed by atoms with van der Waals surface area (Å²) in [5, 5.41) is 23.6. The van der Waals surface area contributed by atoms with Crippen LogP contribution >= 0.6 is 0 Å². The minimum Gasteiger partial charge on any atom is -0.512 e. The molecule has 0 aliphatic heterocycles. The van der Waals surface area contributed by atoms with Gasteiger partial charge in [0.05, 0.1) is 19.9 Å². The fourth-order valence-corrected chi connectivity index (χ4v) is 5.94. The molecule has 0 atom stereocenters. The van der Waals surface area contributed by atoms with Crippen molar-refractivity contribution in [1.29, 1.82) is 5.26 Å². The molecule has 0 fully saturated rings. The van der Waals surface area contributed by atoms with Crippen molar-refractivity contribution in [1.82, 2.24) is 4.98 Å². The zero-order chi connectivity index (χ0) is 25.0. The molecule has 0 aliphatic rings. The molecular formula is C29H29IrN2O2Si-. The second-order valence-corrected chi connectivity index (χ2v) is 14.5. The van der Waals surface area contributed by atoms with Crippen molar-refractivity contribution in [2.24, 2.45) is 0 Å². The van der Waals surface area contributed by atoms with E-state index in [0.717, 1.165) is 27.4 Å². The minimum absolute atomic E-state index is 0. The van der Waals surface area contributed by atoms with E-state index < -0.39 is 8.07 Å². The van der Waals surface area contributed by atoms with Gasteiger partial charge in [0.2, 0.25) is 0 Å². The molecule has 1 N–H and O–H groups in total. The number of carbonyl (C=O) groups excluding carboxylic acids is 1. The Morgan fingerprint density at radius 3 is 2.34 bits per heavy atom. The second kappa shape index (κ2) is 11.6. The Labute approximate surface area is 221 Å². The van der Waals surface area contributed by atoms with E-state index >= 15 is 0 Å². The number of hydrogen-bond acceptors (Lipinski definition) is 4. The van der Waals surface area contributed by atoms with Crippen LogP contribution in [0.3, 0.4) is 0 Å². The maximum Gasteiger partial charge on any atom is 0.155 e. The molecule has 0 saturated carbocycles. The fourth-order valence-electron chi connectivity index (χ4n) is 4.10. The molecule has 1 radical (unpaired) electrons. The van der Waals surface area contributed by atoms with Crippen molar-refractivity contribution >= 4 is 40.6 Å². The Hall–Kier alpha value is -3.10. The number of allylic oxidation sites excluding steroid dienone is 2. The van der Waals surface area contributed by atoms with E-state index in [-0.39, 0.29) is 31.6 Å². The number of rotatable bonds is 3. The summed E-state index contributed by atoms with van der Waals surface area (Å²) in [6.07, 6.45) is 3.02. The van der Waals surface area contributed by atoms with E-state index in [4.69, 9.17) is 5.11 Å². The number of aliphatic hydroxyl groups excluding tert-OH is 1. The number of hydrogen-bond donors (Lipinski definition) is 1. The smallest absolute Gasteiger partial charge is 0.155 e. The van der Waals surface area contributed by atoms with Gasteiger partial charge < -0.3 is 5.11 Å². The number of aryl methyl sites for hydroxylation is 1. The van der Waals surface area contributed by atoms with Gasteiger partial charge in [-0.3, -0.25) is 9.78 Å². The van der Waals surface area contributed by atoms with E-state index in [0.29, 0.717) is 5.56 Å². The average molecular weight is 658 g/mol. The van der Waals surface area contributed by atoms with Crippen LogP contribution < -0.4 is 5.19 Å². The Kier molecular flexibility index (Phi) is 9.28. The summed E-state index contributed by atoms with van der Waals surface area (Å²) in [6.45, 7) is 12.2. The zero-order valence-electron chi connectivity index (χ0n) is 20.9. The van der Waals surface area contributed by atoms with Crippen LogP contribution in [0.1, 0.15) is 25.0 Å². The van der Waals surface area contributed by atoms with E-state index in [2.05, 4.69) is 61.9 Å². The van der Waals surface area contributed by atoms with Crippen LogP contribution in [0.4, 0.5) is 0 Å². The number of ketones is 1. The van der Waals surface area contributed by atoms with Crippen LogP contribution in [0.2, 0.25) is 19.6 Å². The van der Waals surface area contributed by atoms with Gasteiger partial charge in [0.25, 0.3) is 0 Å². The molecule has 3 aromatic carbocycles. The molecule has 0 amide bonds. The van der Waals surface area contributed by atoms with Gasteiger partial charge in [-0.1, -0.05) is 71.7 Å². The van der Waals surface area contributed by atoms with Gasteiger partial charge in [-0.25, -0.2) is 0 Å². The SMILES string of the molecule is CC(=O)/C=C(/C)O.Cc1cc2c(-c3[c-]c4ccccc4c(C#N)c3)nccc2cc1[Si](C)(C)C.[Ir]. The number of nitriles is 1. The van der Waals surface area contributed by atoms with E-state index in [1.165, 1.54) is 36.1 Å². The standard InChI is InChI=1S/C24H21N2Si.C5H8O2.Ir/c1-16-11-22-18(14-23(16)27(2,3)4)9-10-26-24(22)19-12-17-7-5-6-8-21(17)20(13-19)15-25;1-4(6)3-5(2)7;/h5-11,13-14H,1-4H3;3,6H,1-2H3;/q-1;;/b;4-3-;. The minimum atomic E-state index is -1.41. The van der Waals surface area contributed by atoms with Crippen molar-refractivity contribution < 1.29 is 30.0 Å². The molecule has 0 aliphatic carbocycles. The number of nitrogens with zero attached hydrogens (tertiary/aromatic N) is 2. The van der Waals surface area contributed by atoms with Gasteiger partial charge in [-0.05, 0) is 43.2 Å². The third-order valence-corrected chi connectivity index (χ3v) is 7.64. The average Bonchev–Trinajstić information content (AvgIpc) is 2.76. The topological polar surface area (TPSA) is 74.0 Å². The van der Waals surface area contributed by atoms with Gasteiger partial charge in [0.1, 0.15) is 0 Å². The van der Waals surface area contributed by atoms with Crippen LogP contribution in [0.5, 0.6) is 0 Å². The van der Waals surface area contributed by atoms with Crippen LogP contribution in [0.25, 0.3) is 32.8 Å². The third kappa shape index (κ3) is 6.73. The first-order valence-electron chi connectivity index (χ1n) is 11.1. The third-order valence-electron chi connectivity index (χ3n) is 5.48. The van der Waals surface area contributed by atoms with Gasteiger partial charge >= 0.3 is 0 Å². The van der Waals surface area contributed by atoms with Crippen molar-refractivity contribution in [3.8, 4) is 17.3 Å². The summed E-state index contributed by atoms with van der Waals surface area (Å²) in [6, 6.07) is 22.3. The number of benzene rings is 3. The number of fused-ring (bicyclic) bond motifs is 2. The van der Waals surface area contributed by atoms with Gasteiger partial charge in [-0.2, -0.15) is 5.26 Å². The molecule has 0 spiro atoms. The molecule has 0 bridgehead atoms. The van der Waals surface area contributed by atoms with Crippen LogP contribution in [-0.2, 0) is 24.9 Å². The van der Waals surface area contributed by atoms with Crippen LogP contribution in [0.15, 0.2) is 66.6 Å². The predicted molar refractivity (Wildman–Crippen MR) is 143 cm³/mol. The first kappa shape index (κ1) is 28.1. The molecule has 0 saturated heterocycles. The Balaban J connectivity index is 0.000000476. The maximum atomic E-state index is 10.0. The van der Waals surface area contributed by atoms with E-state index in [1.54, 1.807) is 0 Å². The summed E-state index contributed by atoms with van der Waals surface area (Å²) in [5.41, 5.74) is 3.74. The molecule has 6 heteroatoms. The molecule has 4 aromatic rings. The molecule has 1 heterocycles. The molecule has 4 nitrogen and oxygen atoms in total. The van der Waals surface area contributed by atoms with Crippen molar-refractivity contribution in [2.45, 2.75) is 40.4 Å². The van der Waals surface area contributed by atoms with E-state index in [9.17, 15) is 10.1 Å². The molecule has 1 aromatic heterocycles. The van der Waals surface area contributed by atoms with Crippen molar-refractivity contribution in [2.75, 3.05) is 0 Å². The molecule has 0 unspecified atom stereocenters. The normalized spacial score (nSPS) is 11.3. The van der Waals surface area contributed by atoms with Gasteiger partial charge in [0.15, 0.2) is 5.78 Å². The second-order valence-electron chi connectivity index (χ2n) is 9.45. The first-order chi connectivity index (χ1) is 16.0. The van der Waals surface area contributed by atoms with Gasteiger partial charge in [-0.15, -0.1) is 23.6 Å². The molecular weight excluding hydrogens is 629 g/mol. The zero-order valence-corrected chi connectivity index (χ0v) is 24.3. The van der Waals surface area contributed by atoms with Crippen LogP contribution in [0, 0.1) is 24.3 Å². The number of aliphatic hydroxyl groups is 1. The monoisotopic (exact) mass is 658 g/mol. The fraction of sp³-hybridized carbons (Fsp3) is 0.207. The van der Waals surface area contributed by atoms with Crippen molar-refractivity contribution in [3.63, 3.8) is 0 Å². The maximum absolute atomic E-state index is 10.0. The number of aromatic nitrogens is 1. The van der Waals surface area contributed by atoms with Crippen LogP contribution in [-0.4, -0.2) is 23.9 Å². The summed E-state index contributed by atoms with van der Waals surface area (Å²) in [5.74, 6) is -0.0625. The Morgan fingerprint density at radius 1 is 1.09 bits per heavy atom. The first-order valence-corrected chi connectivity index (χ1v) is 14.6. The molecule has 181 valence electrons. The van der Waals surface area contributed by atoms with E-state index in [1.807, 2.05) is 36.5 Å². The summed E-state index contributed by atoms with van der Waals surface area (Å²) >= 11 is 0. The quantitative estimate of drug-likeness (QED) is 0.116. The number of carbonyl (C=O) groups is 1. The Bertz CT molecular complexity index is 1460. The van der Waals surface area contributed by atoms with Crippen molar-refractivity contribution in [3.05, 3.63) is 83.8 Å². The molecule has 4 rings (SSSR count).